The smallest absolute Gasteiger partial charge is 0.264 e. The highest BCUT2D eigenvalue weighted by molar-refractivity contribution is 9.10. The van der Waals surface area contributed by atoms with Gasteiger partial charge in [0.25, 0.3) is 5.95 Å². The maximum absolute atomic E-state index is 11.9. The predicted molar refractivity (Wildman–Crippen MR) is 111 cm³/mol. The number of anilines is 1. The Hall–Kier alpha value is -2.79. The Morgan fingerprint density at radius 2 is 2.11 bits per heavy atom. The molecular formula is C17H18BrN7O2S. The van der Waals surface area contributed by atoms with Crippen molar-refractivity contribution in [3.05, 3.63) is 58.5 Å². The molecule has 1 amide bonds. The van der Waals surface area contributed by atoms with Crippen molar-refractivity contribution >= 4 is 45.3 Å². The van der Waals surface area contributed by atoms with Crippen LogP contribution in [0.25, 0.3) is 0 Å². The molecule has 2 aromatic heterocycles. The Kier molecular flexibility index (Phi) is 6.71. The van der Waals surface area contributed by atoms with Gasteiger partial charge < -0.3 is 15.6 Å². The normalized spacial score (nSPS) is 11.4. The second-order valence-electron chi connectivity index (χ2n) is 5.64. The van der Waals surface area contributed by atoms with Crippen LogP contribution in [0.5, 0.6) is 0 Å². The summed E-state index contributed by atoms with van der Waals surface area (Å²) in [6, 6.07) is 11.3. The number of nitrogens with zero attached hydrogens (tertiary/aromatic N) is 4. The molecule has 0 aliphatic heterocycles. The summed E-state index contributed by atoms with van der Waals surface area (Å²) >= 11 is 4.57. The van der Waals surface area contributed by atoms with Gasteiger partial charge in [-0.25, -0.2) is 10.1 Å². The Bertz CT molecular complexity index is 955. The molecule has 11 heteroatoms. The Morgan fingerprint density at radius 1 is 1.32 bits per heavy atom. The number of nitrogens with two attached hydrogens (primary N) is 1. The number of halogens is 1. The molecule has 0 unspecified atom stereocenters. The molecule has 0 saturated carbocycles. The van der Waals surface area contributed by atoms with Gasteiger partial charge in [-0.15, -0.1) is 10.2 Å². The number of amides is 1. The molecule has 3 rings (SSSR count). The molecule has 3 aromatic rings. The summed E-state index contributed by atoms with van der Waals surface area (Å²) in [6.07, 6.45) is 1.56. The predicted octanol–water partition coefficient (Wildman–Crippen LogP) is 2.59. The Labute approximate surface area is 173 Å². The molecule has 0 fully saturated rings. The molecule has 1 aromatic carbocycles. The molecule has 2 heterocycles. The zero-order valence-corrected chi connectivity index (χ0v) is 17.3. The number of hydrazone groups is 1. The Morgan fingerprint density at radius 3 is 2.82 bits per heavy atom. The van der Waals surface area contributed by atoms with Crippen LogP contribution < -0.4 is 16.6 Å². The van der Waals surface area contributed by atoms with E-state index in [1.165, 1.54) is 16.4 Å². The van der Waals surface area contributed by atoms with E-state index in [1.807, 2.05) is 31.2 Å². The molecule has 0 aliphatic carbocycles. The van der Waals surface area contributed by atoms with Crippen LogP contribution in [0.15, 0.2) is 61.8 Å². The Balaban J connectivity index is 1.52. The van der Waals surface area contributed by atoms with Gasteiger partial charge in [0.05, 0.1) is 24.3 Å². The van der Waals surface area contributed by atoms with Gasteiger partial charge in [-0.1, -0.05) is 39.8 Å². The number of benzene rings is 1. The first kappa shape index (κ1) is 20.0. The third kappa shape index (κ3) is 5.36. The number of carbonyl (C=O) groups excluding carboxylic acids is 1. The van der Waals surface area contributed by atoms with Crippen molar-refractivity contribution in [2.24, 2.45) is 5.10 Å². The molecule has 0 aliphatic rings. The third-order valence-corrected chi connectivity index (χ3v) is 5.09. The maximum Gasteiger partial charge on any atom is 0.264 e. The van der Waals surface area contributed by atoms with Crippen molar-refractivity contribution in [1.29, 1.82) is 0 Å². The van der Waals surface area contributed by atoms with Crippen LogP contribution >= 0.6 is 27.7 Å². The number of hydrogen-bond donors (Lipinski definition) is 3. The minimum Gasteiger partial charge on any atom is -0.467 e. The fraction of sp³-hybridized carbons (Fsp3) is 0.176. The number of rotatable bonds is 8. The van der Waals surface area contributed by atoms with Crippen molar-refractivity contribution in [2.45, 2.75) is 18.6 Å². The van der Waals surface area contributed by atoms with Crippen molar-refractivity contribution in [3.63, 3.8) is 0 Å². The summed E-state index contributed by atoms with van der Waals surface area (Å²) in [5.41, 5.74) is 4.52. The average Bonchev–Trinajstić information content (AvgIpc) is 3.33. The zero-order valence-electron chi connectivity index (χ0n) is 14.9. The second-order valence-corrected chi connectivity index (χ2v) is 7.50. The summed E-state index contributed by atoms with van der Waals surface area (Å²) in [6.45, 7) is 2.20. The maximum atomic E-state index is 11.9. The lowest BCUT2D eigenvalue weighted by Gasteiger charge is -2.05. The minimum atomic E-state index is -0.164. The largest absolute Gasteiger partial charge is 0.467 e. The van der Waals surface area contributed by atoms with Gasteiger partial charge >= 0.3 is 0 Å². The molecule has 0 radical (unpaired) electrons. The van der Waals surface area contributed by atoms with E-state index in [2.05, 4.69) is 42.0 Å². The van der Waals surface area contributed by atoms with Crippen LogP contribution in [-0.2, 0) is 11.3 Å². The highest BCUT2D eigenvalue weighted by Crippen LogP contribution is 2.17. The van der Waals surface area contributed by atoms with Crippen molar-refractivity contribution in [3.8, 4) is 0 Å². The van der Waals surface area contributed by atoms with Gasteiger partial charge in [-0.2, -0.15) is 5.10 Å². The van der Waals surface area contributed by atoms with Gasteiger partial charge in [0, 0.05) is 4.47 Å². The molecule has 146 valence electrons. The van der Waals surface area contributed by atoms with E-state index in [4.69, 9.17) is 10.3 Å². The standard InChI is InChI=1S/C17H18BrN7O2S/c1-11(12-4-6-13(18)7-5-12)21-22-16-23-24-17(25(16)19)28-10-15(26)20-9-14-3-2-8-27-14/h2-8H,9-10,19H2,1H3,(H,20,26)(H,22,23)/b21-11+. The highest BCUT2D eigenvalue weighted by atomic mass is 79.9. The first-order chi connectivity index (χ1) is 13.5. The summed E-state index contributed by atoms with van der Waals surface area (Å²) in [5.74, 6) is 6.92. The first-order valence-corrected chi connectivity index (χ1v) is 9.99. The number of nitrogen functional groups attached to an aromatic ring is 1. The molecular weight excluding hydrogens is 446 g/mol. The van der Waals surface area contributed by atoms with Gasteiger partial charge in [-0.3, -0.25) is 4.79 Å². The summed E-state index contributed by atoms with van der Waals surface area (Å²) in [5, 5.41) is 15.3. The van der Waals surface area contributed by atoms with Crippen LogP contribution in [0.2, 0.25) is 0 Å². The second kappa shape index (κ2) is 9.42. The van der Waals surface area contributed by atoms with E-state index in [0.717, 1.165) is 15.7 Å². The number of furan rings is 1. The van der Waals surface area contributed by atoms with Crippen LogP contribution in [-0.4, -0.2) is 32.2 Å². The lowest BCUT2D eigenvalue weighted by molar-refractivity contribution is -0.118. The fourth-order valence-electron chi connectivity index (χ4n) is 2.12. The molecule has 0 saturated heterocycles. The lowest BCUT2D eigenvalue weighted by Crippen LogP contribution is -2.24. The number of hydrogen-bond acceptors (Lipinski definition) is 8. The van der Waals surface area contributed by atoms with Gasteiger partial charge in [0.1, 0.15) is 5.76 Å². The van der Waals surface area contributed by atoms with Crippen LogP contribution in [0.3, 0.4) is 0 Å². The molecule has 28 heavy (non-hydrogen) atoms. The van der Waals surface area contributed by atoms with E-state index in [0.29, 0.717) is 17.5 Å². The molecule has 9 nitrogen and oxygen atoms in total. The molecule has 0 atom stereocenters. The van der Waals surface area contributed by atoms with Gasteiger partial charge in [0.2, 0.25) is 11.1 Å². The molecule has 0 spiro atoms. The number of aromatic nitrogens is 3. The average molecular weight is 464 g/mol. The summed E-state index contributed by atoms with van der Waals surface area (Å²) < 4.78 is 7.41. The topological polar surface area (TPSA) is 123 Å². The van der Waals surface area contributed by atoms with Crippen LogP contribution in [0.4, 0.5) is 5.95 Å². The van der Waals surface area contributed by atoms with Crippen LogP contribution in [0, 0.1) is 0 Å². The van der Waals surface area contributed by atoms with Gasteiger partial charge in [-0.05, 0) is 36.8 Å². The van der Waals surface area contributed by atoms with Crippen molar-refractivity contribution in [1.82, 2.24) is 20.2 Å². The van der Waals surface area contributed by atoms with E-state index in [9.17, 15) is 4.79 Å². The minimum absolute atomic E-state index is 0.150. The lowest BCUT2D eigenvalue weighted by atomic mass is 10.1. The number of nitrogens with one attached hydrogen (secondary N) is 2. The van der Waals surface area contributed by atoms with E-state index in [1.54, 1.807) is 18.4 Å². The van der Waals surface area contributed by atoms with E-state index < -0.39 is 0 Å². The van der Waals surface area contributed by atoms with Gasteiger partial charge in [0.15, 0.2) is 0 Å². The van der Waals surface area contributed by atoms with E-state index >= 15 is 0 Å². The SMILES string of the molecule is C/C(=N\Nc1nnc(SCC(=O)NCc2ccco2)n1N)c1ccc(Br)cc1. The third-order valence-electron chi connectivity index (χ3n) is 3.62. The summed E-state index contributed by atoms with van der Waals surface area (Å²) in [4.78, 5) is 11.9. The van der Waals surface area contributed by atoms with Crippen molar-refractivity contribution < 1.29 is 9.21 Å². The highest BCUT2D eigenvalue weighted by Gasteiger charge is 2.12. The van der Waals surface area contributed by atoms with E-state index in [-0.39, 0.29) is 17.6 Å². The number of thioether (sulfide) groups is 1. The molecule has 4 N–H and O–H groups in total. The monoisotopic (exact) mass is 463 g/mol. The summed E-state index contributed by atoms with van der Waals surface area (Å²) in [7, 11) is 0. The zero-order chi connectivity index (χ0) is 19.9. The van der Waals surface area contributed by atoms with Crippen molar-refractivity contribution in [2.75, 3.05) is 17.0 Å². The first-order valence-electron chi connectivity index (χ1n) is 8.21. The quantitative estimate of drug-likeness (QED) is 0.203. The number of carbonyl (C=O) groups is 1. The fourth-order valence-corrected chi connectivity index (χ4v) is 3.07. The molecule has 0 bridgehead atoms. The van der Waals surface area contributed by atoms with Crippen LogP contribution in [0.1, 0.15) is 18.2 Å².